The van der Waals surface area contributed by atoms with Crippen molar-refractivity contribution in [1.82, 2.24) is 0 Å². The highest BCUT2D eigenvalue weighted by Crippen LogP contribution is 2.28. The lowest BCUT2D eigenvalue weighted by atomic mass is 8.20. The van der Waals surface area contributed by atoms with E-state index in [-0.39, 0.29) is 0 Å². The quantitative estimate of drug-likeness (QED) is 0.0540. The summed E-state index contributed by atoms with van der Waals surface area (Å²) in [5.41, 5.74) is 0. The molecule has 0 saturated heterocycles. The van der Waals surface area contributed by atoms with Gasteiger partial charge in [-0.05, 0) is 0 Å². The molecule has 82 heteroatoms. The first kappa shape index (κ1) is 87.3. The van der Waals surface area contributed by atoms with E-state index in [1.165, 1.54) is 0 Å². The first-order chi connectivity index (χ1) is 37.2. The highest BCUT2D eigenvalue weighted by molar-refractivity contribution is 8.41. The van der Waals surface area contributed by atoms with Gasteiger partial charge < -0.3 is 0 Å². The third-order valence-corrected chi connectivity index (χ3v) is 17.3. The van der Waals surface area contributed by atoms with E-state index in [1.54, 1.807) is 0 Å². The van der Waals surface area contributed by atoms with Gasteiger partial charge in [-0.25, -0.2) is 0 Å². The fraction of sp³-hybridized carbons (Fsp3) is 0. The van der Waals surface area contributed by atoms with Gasteiger partial charge in [-0.3, -0.25) is 0 Å². The Labute approximate surface area is 574 Å². The lowest BCUT2D eigenvalue weighted by Crippen LogP contribution is -3.00. The molecule has 0 nitrogen and oxygen atoms in total. The van der Waals surface area contributed by atoms with Gasteiger partial charge in [0.15, 0.2) is 0 Å². The molecule has 0 fully saturated rings. The Morgan fingerprint density at radius 3 is 0.183 bits per heavy atom. The molecule has 0 atom stereocenters. The SMILES string of the molecule is [B]B([B])B(B([B])[B])B(B([B])[B])B(B(B([B])[B])B([B])[B])B(B(B(B(B([B])[B])B([B])[B])B(B([B])[B])B([B])[B])B(B(B([B])[B])B([B])[B])B(B([B])[B])B([B])[B])B(B(B(B([B])[B])B([B])[B])B(B([B])[B])B([B])[B])B(B(B([B])[B])B([B])[B])B(B([B])[B])B([B])[B]. The minimum Gasteiger partial charge on any atom is 0 e. The molecule has 84 radical (unpaired) electrons. The monoisotopic (exact) mass is 903 g/mol. The van der Waals surface area contributed by atoms with Crippen LogP contribution in [0.15, 0.2) is 0 Å². The van der Waals surface area contributed by atoms with Gasteiger partial charge in [-0.2, -0.15) is 0 Å². The van der Waals surface area contributed by atoms with E-state index in [0.29, 0.717) is 0 Å². The predicted molar refractivity (Wildman–Crippen MR) is 472 cm³/mol. The molecule has 82 heavy (non-hydrogen) atoms. The smallest absolute Gasteiger partial charge is 0 e. The van der Waals surface area contributed by atoms with Gasteiger partial charge in [0.25, 0.3) is 0 Å². The topological polar surface area (TPSA) is 0 Å². The molecule has 0 aromatic carbocycles. The van der Waals surface area contributed by atoms with Crippen molar-refractivity contribution in [2.24, 2.45) is 0 Å². The summed E-state index contributed by atoms with van der Waals surface area (Å²) < 4.78 is 0. The minimum absolute atomic E-state index is 1.53. The number of hydrogen-bond acceptors (Lipinski definition) is 0. The van der Waals surface area contributed by atoms with Crippen molar-refractivity contribution in [3.8, 4) is 0 Å². The second-order valence-electron chi connectivity index (χ2n) is 23.1. The second-order valence-corrected chi connectivity index (χ2v) is 23.1. The summed E-state index contributed by atoms with van der Waals surface area (Å²) in [6.45, 7) is 0. The highest BCUT2D eigenvalue weighted by atomic mass is 13.5. The lowest BCUT2D eigenvalue weighted by molar-refractivity contribution is 3.14. The van der Waals surface area contributed by atoms with E-state index in [0.717, 1.165) is 0 Å². The molecule has 0 aliphatic rings. The summed E-state index contributed by atoms with van der Waals surface area (Å²) in [5, 5.41) is 0. The average molecular weight is 887 g/mol. The Morgan fingerprint density at radius 2 is 0.110 bits per heavy atom. The number of rotatable bonds is 39. The summed E-state index contributed by atoms with van der Waals surface area (Å²) in [4.78, 5) is 0. The molecule has 0 spiro atoms. The molecule has 0 aliphatic carbocycles. The lowest BCUT2D eigenvalue weighted by Gasteiger charge is -2.61. The summed E-state index contributed by atoms with van der Waals surface area (Å²) in [5.74, 6) is 0. The highest BCUT2D eigenvalue weighted by Gasteiger charge is 2.66. The molecule has 0 saturated carbocycles. The molecule has 246 valence electrons. The summed E-state index contributed by atoms with van der Waals surface area (Å²) >= 11 is 0. The molecule has 0 aliphatic heterocycles. The van der Waals surface area contributed by atoms with Gasteiger partial charge in [0.1, 0.15) is 0 Å². The van der Waals surface area contributed by atoms with Crippen molar-refractivity contribution >= 4 is 580 Å². The Hall–Kier alpha value is 5.32. The van der Waals surface area contributed by atoms with Crippen LogP contribution in [0.2, 0.25) is 0 Å². The van der Waals surface area contributed by atoms with E-state index in [1.807, 2.05) is 0 Å². The molecule has 0 aromatic heterocycles. The maximum absolute atomic E-state index is 7.10. The average Bonchev–Trinajstić information content (AvgIpc) is 3.24. The Morgan fingerprint density at radius 1 is 0.0610 bits per heavy atom. The number of hydrogen-bond donors (Lipinski definition) is 0. The van der Waals surface area contributed by atoms with Crippen molar-refractivity contribution in [3.63, 3.8) is 0 Å². The van der Waals surface area contributed by atoms with Crippen LogP contribution in [0.3, 0.4) is 0 Å². The fourth-order valence-corrected chi connectivity index (χ4v) is 14.6. The molecule has 0 amide bonds. The fourth-order valence-electron chi connectivity index (χ4n) is 14.6. The van der Waals surface area contributed by atoms with Crippen LogP contribution in [0.5, 0.6) is 0 Å². The van der Waals surface area contributed by atoms with Crippen LogP contribution in [0.25, 0.3) is 0 Å². The van der Waals surface area contributed by atoms with Crippen LogP contribution in [0.1, 0.15) is 0 Å². The molecule has 0 bridgehead atoms. The van der Waals surface area contributed by atoms with E-state index in [4.69, 9.17) is 325 Å². The van der Waals surface area contributed by atoms with Crippen molar-refractivity contribution in [3.05, 3.63) is 0 Å². The minimum atomic E-state index is -1.97. The Kier molecular flexibility index (Phi) is 42.6. The van der Waals surface area contributed by atoms with Crippen LogP contribution in [-0.2, 0) is 0 Å². The maximum atomic E-state index is 7.10. The zero-order valence-corrected chi connectivity index (χ0v) is 47.3. The Balaban J connectivity index is 12.9. The maximum Gasteiger partial charge on any atom is 0 e. The first-order valence-electron chi connectivity index (χ1n) is 27.0. The van der Waals surface area contributed by atoms with Crippen molar-refractivity contribution in [1.29, 1.82) is 0 Å². The van der Waals surface area contributed by atoms with Crippen molar-refractivity contribution in [2.45, 2.75) is 0 Å². The van der Waals surface area contributed by atoms with Gasteiger partial charge in [-0.15, -0.1) is 0 Å². The molecule has 0 N–H and O–H groups in total. The van der Waals surface area contributed by atoms with Crippen molar-refractivity contribution < 1.29 is 0 Å². The van der Waals surface area contributed by atoms with Gasteiger partial charge >= 0.3 is 0 Å². The standard InChI is InChI=1S/B82/c1-43(2)64(44(3)4)74(63(41)42)79(73(61(37)38)62(39)40)82(80(75(65(45(5)6)46(7)8)66(47(9)10)48(11)12)76(67(49(13)14)50(15)16)68(51(17)18)52(19)20)81(77(69(53(21)22)54(23)24)70(55(25)26)56(27)28)78(71(57(29)30)58(31)32)72(59(33)34)60(35)36. The third kappa shape index (κ3) is 23.3. The first-order valence-corrected chi connectivity index (χ1v) is 27.0. The summed E-state index contributed by atoms with van der Waals surface area (Å²) in [6, 6.07) is 0. The molecular formula is B82. The molecule has 0 unspecified atom stereocenters. The largest absolute Gasteiger partial charge is 0 e. The van der Waals surface area contributed by atoms with E-state index >= 15 is 0 Å². The van der Waals surface area contributed by atoms with Crippen LogP contribution >= 0.6 is 0 Å². The Bertz CT molecular complexity index is 1280. The van der Waals surface area contributed by atoms with Gasteiger partial charge in [0.05, 0.1) is 0 Å². The summed E-state index contributed by atoms with van der Waals surface area (Å²) in [6.07, 6.45) is -68.1. The zero-order valence-electron chi connectivity index (χ0n) is 47.3. The van der Waals surface area contributed by atoms with Crippen LogP contribution in [0, 0.1) is 0 Å². The molecule has 0 rings (SSSR count). The van der Waals surface area contributed by atoms with E-state index in [9.17, 15) is 0 Å². The second kappa shape index (κ2) is 40.0. The van der Waals surface area contributed by atoms with Crippen molar-refractivity contribution in [2.75, 3.05) is 0 Å². The van der Waals surface area contributed by atoms with Crippen LogP contribution in [-0.4, -0.2) is 580 Å². The zero-order chi connectivity index (χ0) is 65.1. The van der Waals surface area contributed by atoms with Crippen LogP contribution in [0.4, 0.5) is 0 Å². The normalized spacial score (nSPS) is 9.80. The molecule has 0 aromatic rings. The van der Waals surface area contributed by atoms with Gasteiger partial charge in [0.2, 0.25) is 0 Å². The van der Waals surface area contributed by atoms with Gasteiger partial charge in [-0.1, -0.05) is 0 Å². The summed E-state index contributed by atoms with van der Waals surface area (Å²) in [7, 11) is 289. The van der Waals surface area contributed by atoms with Crippen LogP contribution < -0.4 is 0 Å². The predicted octanol–water partition coefficient (Wildman–Crippen LogP) is -31.2. The van der Waals surface area contributed by atoms with Gasteiger partial charge in [0, 0.05) is 580 Å². The molecule has 0 heterocycles. The third-order valence-electron chi connectivity index (χ3n) is 17.3. The van der Waals surface area contributed by atoms with E-state index in [2.05, 4.69) is 0 Å². The van der Waals surface area contributed by atoms with E-state index < -0.39 is 255 Å². The molecular weight excluding hydrogens is 887 g/mol.